The highest BCUT2D eigenvalue weighted by Crippen LogP contribution is 2.31. The van der Waals surface area contributed by atoms with Crippen molar-refractivity contribution in [2.45, 2.75) is 64.3 Å². The van der Waals surface area contributed by atoms with Crippen LogP contribution >= 0.6 is 0 Å². The summed E-state index contributed by atoms with van der Waals surface area (Å²) in [5, 5.41) is 3.70. The van der Waals surface area contributed by atoms with E-state index in [1.54, 1.807) is 0 Å². The lowest BCUT2D eigenvalue weighted by atomic mass is 9.78. The van der Waals surface area contributed by atoms with Crippen molar-refractivity contribution in [1.29, 1.82) is 0 Å². The number of hydrogen-bond donors (Lipinski definition) is 1. The summed E-state index contributed by atoms with van der Waals surface area (Å²) in [6.07, 6.45) is 9.86. The van der Waals surface area contributed by atoms with Gasteiger partial charge in [-0.3, -0.25) is 0 Å². The minimum Gasteiger partial charge on any atom is -0.312 e. The Kier molecular flexibility index (Phi) is 4.07. The van der Waals surface area contributed by atoms with Crippen molar-refractivity contribution in [2.24, 2.45) is 0 Å². The molecule has 0 aliphatic heterocycles. The molecule has 72 valence electrons. The standard InChI is InChI=1S/C11H23N/c1-3-8-11(12-4-2)9-6-5-7-10-11/h12H,3-10H2,1-2H3. The van der Waals surface area contributed by atoms with Crippen LogP contribution in [0.1, 0.15) is 58.8 Å². The predicted molar refractivity (Wildman–Crippen MR) is 54.4 cm³/mol. The fraction of sp³-hybridized carbons (Fsp3) is 1.00. The molecule has 1 saturated carbocycles. The summed E-state index contributed by atoms with van der Waals surface area (Å²) in [5.41, 5.74) is 0.530. The molecule has 0 aromatic carbocycles. The van der Waals surface area contributed by atoms with E-state index in [4.69, 9.17) is 0 Å². The van der Waals surface area contributed by atoms with Gasteiger partial charge in [-0.15, -0.1) is 0 Å². The maximum Gasteiger partial charge on any atom is 0.0181 e. The fourth-order valence-electron chi connectivity index (χ4n) is 2.60. The first-order chi connectivity index (χ1) is 5.83. The second-order valence-electron chi connectivity index (χ2n) is 4.12. The molecule has 0 bridgehead atoms. The van der Waals surface area contributed by atoms with Crippen molar-refractivity contribution in [3.05, 3.63) is 0 Å². The molecule has 1 nitrogen and oxygen atoms in total. The van der Waals surface area contributed by atoms with Crippen molar-refractivity contribution >= 4 is 0 Å². The van der Waals surface area contributed by atoms with Gasteiger partial charge in [-0.1, -0.05) is 39.5 Å². The van der Waals surface area contributed by atoms with Crippen LogP contribution in [-0.2, 0) is 0 Å². The van der Waals surface area contributed by atoms with E-state index in [0.29, 0.717) is 5.54 Å². The highest BCUT2D eigenvalue weighted by Gasteiger charge is 2.29. The van der Waals surface area contributed by atoms with Gasteiger partial charge in [0.1, 0.15) is 0 Å². The van der Waals surface area contributed by atoms with Crippen LogP contribution in [-0.4, -0.2) is 12.1 Å². The molecule has 1 aliphatic carbocycles. The topological polar surface area (TPSA) is 12.0 Å². The zero-order chi connectivity index (χ0) is 8.86. The number of nitrogens with one attached hydrogen (secondary N) is 1. The van der Waals surface area contributed by atoms with Gasteiger partial charge in [0, 0.05) is 5.54 Å². The minimum atomic E-state index is 0.530. The van der Waals surface area contributed by atoms with E-state index in [0.717, 1.165) is 6.54 Å². The van der Waals surface area contributed by atoms with Gasteiger partial charge < -0.3 is 5.32 Å². The summed E-state index contributed by atoms with van der Waals surface area (Å²) >= 11 is 0. The SMILES string of the molecule is CCCC1(NCC)CCCCC1. The Morgan fingerprint density at radius 1 is 1.08 bits per heavy atom. The van der Waals surface area contributed by atoms with Crippen LogP contribution in [0.25, 0.3) is 0 Å². The molecular weight excluding hydrogens is 146 g/mol. The molecule has 0 amide bonds. The first-order valence-corrected chi connectivity index (χ1v) is 5.58. The molecule has 0 aromatic rings. The second kappa shape index (κ2) is 4.86. The molecule has 0 heterocycles. The Hall–Kier alpha value is -0.0400. The smallest absolute Gasteiger partial charge is 0.0181 e. The summed E-state index contributed by atoms with van der Waals surface area (Å²) in [5.74, 6) is 0. The van der Waals surface area contributed by atoms with Crippen molar-refractivity contribution in [1.82, 2.24) is 5.32 Å². The molecule has 0 radical (unpaired) electrons. The van der Waals surface area contributed by atoms with Crippen LogP contribution in [0.15, 0.2) is 0 Å². The van der Waals surface area contributed by atoms with E-state index in [9.17, 15) is 0 Å². The molecule has 1 aliphatic rings. The van der Waals surface area contributed by atoms with Gasteiger partial charge in [0.15, 0.2) is 0 Å². The van der Waals surface area contributed by atoms with Crippen LogP contribution < -0.4 is 5.32 Å². The molecule has 1 fully saturated rings. The molecule has 1 rings (SSSR count). The number of rotatable bonds is 4. The molecule has 1 heteroatoms. The lowest BCUT2D eigenvalue weighted by Gasteiger charge is -2.38. The average molecular weight is 169 g/mol. The zero-order valence-electron chi connectivity index (χ0n) is 8.66. The Bertz CT molecular complexity index is 98.7. The molecular formula is C11H23N. The molecule has 0 atom stereocenters. The molecule has 1 N–H and O–H groups in total. The van der Waals surface area contributed by atoms with Crippen molar-refractivity contribution in [2.75, 3.05) is 6.54 Å². The Balaban J connectivity index is 2.44. The van der Waals surface area contributed by atoms with Gasteiger partial charge in [-0.05, 0) is 25.8 Å². The zero-order valence-corrected chi connectivity index (χ0v) is 8.66. The van der Waals surface area contributed by atoms with E-state index in [1.165, 1.54) is 44.9 Å². The summed E-state index contributed by atoms with van der Waals surface area (Å²) in [6.45, 7) is 5.67. The normalized spacial score (nSPS) is 22.5. The lowest BCUT2D eigenvalue weighted by molar-refractivity contribution is 0.218. The Morgan fingerprint density at radius 2 is 1.75 bits per heavy atom. The summed E-state index contributed by atoms with van der Waals surface area (Å²) < 4.78 is 0. The van der Waals surface area contributed by atoms with Gasteiger partial charge in [0.2, 0.25) is 0 Å². The van der Waals surface area contributed by atoms with Gasteiger partial charge in [0.25, 0.3) is 0 Å². The summed E-state index contributed by atoms with van der Waals surface area (Å²) in [4.78, 5) is 0. The highest BCUT2D eigenvalue weighted by atomic mass is 15.0. The first kappa shape index (κ1) is 10.0. The lowest BCUT2D eigenvalue weighted by Crippen LogP contribution is -2.46. The molecule has 0 unspecified atom stereocenters. The number of hydrogen-bond acceptors (Lipinski definition) is 1. The van der Waals surface area contributed by atoms with Crippen molar-refractivity contribution in [3.8, 4) is 0 Å². The van der Waals surface area contributed by atoms with Gasteiger partial charge in [0.05, 0.1) is 0 Å². The van der Waals surface area contributed by atoms with E-state index in [-0.39, 0.29) is 0 Å². The quantitative estimate of drug-likeness (QED) is 0.682. The highest BCUT2D eigenvalue weighted by molar-refractivity contribution is 4.89. The second-order valence-corrected chi connectivity index (χ2v) is 4.12. The average Bonchev–Trinajstić information content (AvgIpc) is 2.07. The third kappa shape index (κ3) is 2.48. The minimum absolute atomic E-state index is 0.530. The van der Waals surface area contributed by atoms with Crippen LogP contribution in [0.3, 0.4) is 0 Å². The van der Waals surface area contributed by atoms with Gasteiger partial charge >= 0.3 is 0 Å². The molecule has 12 heavy (non-hydrogen) atoms. The van der Waals surface area contributed by atoms with E-state index >= 15 is 0 Å². The van der Waals surface area contributed by atoms with Crippen molar-refractivity contribution < 1.29 is 0 Å². The summed E-state index contributed by atoms with van der Waals surface area (Å²) in [6, 6.07) is 0. The maximum atomic E-state index is 3.70. The van der Waals surface area contributed by atoms with E-state index in [2.05, 4.69) is 19.2 Å². The van der Waals surface area contributed by atoms with Crippen LogP contribution in [0.4, 0.5) is 0 Å². The van der Waals surface area contributed by atoms with Crippen LogP contribution in [0, 0.1) is 0 Å². The first-order valence-electron chi connectivity index (χ1n) is 5.58. The molecule has 0 saturated heterocycles. The fourth-order valence-corrected chi connectivity index (χ4v) is 2.60. The van der Waals surface area contributed by atoms with Gasteiger partial charge in [-0.2, -0.15) is 0 Å². The predicted octanol–water partition coefficient (Wildman–Crippen LogP) is 3.10. The van der Waals surface area contributed by atoms with Crippen molar-refractivity contribution in [3.63, 3.8) is 0 Å². The Morgan fingerprint density at radius 3 is 2.25 bits per heavy atom. The maximum absolute atomic E-state index is 3.70. The van der Waals surface area contributed by atoms with E-state index < -0.39 is 0 Å². The molecule has 0 aromatic heterocycles. The van der Waals surface area contributed by atoms with E-state index in [1.807, 2.05) is 0 Å². The van der Waals surface area contributed by atoms with Gasteiger partial charge in [-0.25, -0.2) is 0 Å². The third-order valence-electron chi connectivity index (χ3n) is 3.09. The third-order valence-corrected chi connectivity index (χ3v) is 3.09. The van der Waals surface area contributed by atoms with Crippen LogP contribution in [0.2, 0.25) is 0 Å². The van der Waals surface area contributed by atoms with Crippen LogP contribution in [0.5, 0.6) is 0 Å². The summed E-state index contributed by atoms with van der Waals surface area (Å²) in [7, 11) is 0. The Labute approximate surface area is 76.9 Å². The monoisotopic (exact) mass is 169 g/mol. The molecule has 0 spiro atoms. The largest absolute Gasteiger partial charge is 0.312 e.